The van der Waals surface area contributed by atoms with E-state index in [0.29, 0.717) is 5.75 Å². The summed E-state index contributed by atoms with van der Waals surface area (Å²) in [5.74, 6) is 4.62. The van der Waals surface area contributed by atoms with Crippen LogP contribution >= 0.6 is 0 Å². The second-order valence-corrected chi connectivity index (χ2v) is 5.69. The largest absolute Gasteiger partial charge is 0.458 e. The standard InChI is InChI=1S/C19H18O3/c1-3-4-9-15-19-18(12(2)20-15)21-16-10-13-7-5-6-8-14(13)11-17(16)22-19/h5-8,10-11H,3-4,9H2,1-2H3. The fourth-order valence-corrected chi connectivity index (χ4v) is 2.87. The molecule has 2 aromatic carbocycles. The van der Waals surface area contributed by atoms with Crippen LogP contribution < -0.4 is 9.47 Å². The summed E-state index contributed by atoms with van der Waals surface area (Å²) < 4.78 is 18.0. The van der Waals surface area contributed by atoms with Gasteiger partial charge in [-0.3, -0.25) is 0 Å². The van der Waals surface area contributed by atoms with Gasteiger partial charge in [0, 0.05) is 6.42 Å². The topological polar surface area (TPSA) is 31.6 Å². The van der Waals surface area contributed by atoms with Crippen LogP contribution in [0.25, 0.3) is 10.8 Å². The van der Waals surface area contributed by atoms with Crippen molar-refractivity contribution in [1.82, 2.24) is 0 Å². The van der Waals surface area contributed by atoms with Gasteiger partial charge in [0.25, 0.3) is 0 Å². The highest BCUT2D eigenvalue weighted by Gasteiger charge is 2.28. The molecule has 3 nitrogen and oxygen atoms in total. The summed E-state index contributed by atoms with van der Waals surface area (Å²) in [4.78, 5) is 0. The lowest BCUT2D eigenvalue weighted by Gasteiger charge is -2.19. The molecule has 2 heterocycles. The zero-order valence-electron chi connectivity index (χ0n) is 12.8. The molecule has 0 saturated heterocycles. The van der Waals surface area contributed by atoms with Crippen LogP contribution in [0.2, 0.25) is 0 Å². The Balaban J connectivity index is 1.78. The first-order chi connectivity index (χ1) is 10.8. The zero-order chi connectivity index (χ0) is 15.1. The third-order valence-corrected chi connectivity index (χ3v) is 4.05. The molecule has 3 aromatic rings. The van der Waals surface area contributed by atoms with E-state index < -0.39 is 0 Å². The van der Waals surface area contributed by atoms with E-state index in [1.54, 1.807) is 0 Å². The molecular weight excluding hydrogens is 276 g/mol. The Morgan fingerprint density at radius 3 is 2.18 bits per heavy atom. The Morgan fingerprint density at radius 1 is 0.909 bits per heavy atom. The molecule has 1 aromatic heterocycles. The van der Waals surface area contributed by atoms with Gasteiger partial charge in [-0.05, 0) is 36.2 Å². The van der Waals surface area contributed by atoms with Gasteiger partial charge in [-0.15, -0.1) is 0 Å². The maximum absolute atomic E-state index is 6.12. The van der Waals surface area contributed by atoms with Crippen LogP contribution in [0.3, 0.4) is 0 Å². The number of aryl methyl sites for hydroxylation is 2. The number of hydrogen-bond donors (Lipinski definition) is 0. The molecular formula is C19H18O3. The maximum atomic E-state index is 6.12. The van der Waals surface area contributed by atoms with Crippen molar-refractivity contribution < 1.29 is 13.9 Å². The van der Waals surface area contributed by atoms with Crippen molar-refractivity contribution in [1.29, 1.82) is 0 Å². The van der Waals surface area contributed by atoms with Crippen LogP contribution in [-0.2, 0) is 6.42 Å². The average molecular weight is 294 g/mol. The van der Waals surface area contributed by atoms with Gasteiger partial charge in [0.05, 0.1) is 0 Å². The monoisotopic (exact) mass is 294 g/mol. The first-order valence-corrected chi connectivity index (χ1v) is 7.77. The summed E-state index contributed by atoms with van der Waals surface area (Å²) in [6, 6.07) is 12.2. The van der Waals surface area contributed by atoms with Crippen molar-refractivity contribution in [2.75, 3.05) is 0 Å². The molecule has 0 aliphatic carbocycles. The van der Waals surface area contributed by atoms with Crippen LogP contribution in [0, 0.1) is 6.92 Å². The van der Waals surface area contributed by atoms with Crippen molar-refractivity contribution in [2.45, 2.75) is 33.1 Å². The lowest BCUT2D eigenvalue weighted by molar-refractivity contribution is 0.359. The fourth-order valence-electron chi connectivity index (χ4n) is 2.87. The van der Waals surface area contributed by atoms with Crippen molar-refractivity contribution in [2.24, 2.45) is 0 Å². The minimum Gasteiger partial charge on any atom is -0.458 e. The van der Waals surface area contributed by atoms with Crippen LogP contribution in [0.4, 0.5) is 0 Å². The van der Waals surface area contributed by atoms with Gasteiger partial charge in [-0.25, -0.2) is 0 Å². The molecule has 0 atom stereocenters. The summed E-state index contributed by atoms with van der Waals surface area (Å²) in [7, 11) is 0. The Labute approximate surface area is 129 Å². The van der Waals surface area contributed by atoms with Gasteiger partial charge in [0.1, 0.15) is 5.76 Å². The molecule has 3 heteroatoms. The summed E-state index contributed by atoms with van der Waals surface area (Å²) >= 11 is 0. The molecule has 1 aliphatic rings. The summed E-state index contributed by atoms with van der Waals surface area (Å²) in [6.07, 6.45) is 3.07. The minimum atomic E-state index is 0.717. The van der Waals surface area contributed by atoms with Crippen molar-refractivity contribution in [3.05, 3.63) is 47.9 Å². The number of unbranched alkanes of at least 4 members (excludes halogenated alkanes) is 1. The predicted octanol–water partition coefficient (Wildman–Crippen LogP) is 5.98. The van der Waals surface area contributed by atoms with Crippen LogP contribution in [0.15, 0.2) is 40.8 Å². The highest BCUT2D eigenvalue weighted by atomic mass is 16.6. The van der Waals surface area contributed by atoms with Gasteiger partial charge in [-0.2, -0.15) is 0 Å². The van der Waals surface area contributed by atoms with E-state index in [2.05, 4.69) is 19.1 Å². The quantitative estimate of drug-likeness (QED) is 0.465. The number of hydrogen-bond acceptors (Lipinski definition) is 3. The first kappa shape index (κ1) is 13.3. The molecule has 112 valence electrons. The van der Waals surface area contributed by atoms with Gasteiger partial charge in [0.2, 0.25) is 11.5 Å². The fraction of sp³-hybridized carbons (Fsp3) is 0.263. The first-order valence-electron chi connectivity index (χ1n) is 7.77. The van der Waals surface area contributed by atoms with Crippen LogP contribution in [-0.4, -0.2) is 0 Å². The molecule has 0 bridgehead atoms. The molecule has 0 fully saturated rings. The highest BCUT2D eigenvalue weighted by molar-refractivity contribution is 5.86. The SMILES string of the molecule is CCCCc1oc(C)c2c1Oc1cc3ccccc3cc1O2. The van der Waals surface area contributed by atoms with E-state index in [9.17, 15) is 0 Å². The second-order valence-electron chi connectivity index (χ2n) is 5.69. The molecule has 0 radical (unpaired) electrons. The smallest absolute Gasteiger partial charge is 0.211 e. The van der Waals surface area contributed by atoms with E-state index in [1.165, 1.54) is 0 Å². The van der Waals surface area contributed by atoms with E-state index in [-0.39, 0.29) is 0 Å². The molecule has 0 spiro atoms. The Morgan fingerprint density at radius 2 is 1.55 bits per heavy atom. The number of benzene rings is 2. The van der Waals surface area contributed by atoms with Crippen LogP contribution in [0.5, 0.6) is 23.0 Å². The summed E-state index contributed by atoms with van der Waals surface area (Å²) in [6.45, 7) is 4.09. The third kappa shape index (κ3) is 2.05. The Hall–Kier alpha value is -2.42. The van der Waals surface area contributed by atoms with Gasteiger partial charge >= 0.3 is 0 Å². The highest BCUT2D eigenvalue weighted by Crippen LogP contribution is 2.51. The third-order valence-electron chi connectivity index (χ3n) is 4.05. The molecule has 0 N–H and O–H groups in total. The Kier molecular flexibility index (Phi) is 3.07. The van der Waals surface area contributed by atoms with E-state index >= 15 is 0 Å². The van der Waals surface area contributed by atoms with Gasteiger partial charge in [0.15, 0.2) is 17.3 Å². The van der Waals surface area contributed by atoms with Gasteiger partial charge < -0.3 is 13.9 Å². The van der Waals surface area contributed by atoms with Crippen molar-refractivity contribution in [3.63, 3.8) is 0 Å². The molecule has 0 saturated carbocycles. The second kappa shape index (κ2) is 5.09. The lowest BCUT2D eigenvalue weighted by atomic mass is 10.1. The predicted molar refractivity (Wildman–Crippen MR) is 86.2 cm³/mol. The van der Waals surface area contributed by atoms with Gasteiger partial charge in [-0.1, -0.05) is 37.6 Å². The molecule has 4 rings (SSSR count). The molecule has 0 unspecified atom stereocenters. The molecule has 1 aliphatic heterocycles. The van der Waals surface area contributed by atoms with E-state index in [0.717, 1.165) is 58.8 Å². The summed E-state index contributed by atoms with van der Waals surface area (Å²) in [5.41, 5.74) is 0. The molecule has 0 amide bonds. The van der Waals surface area contributed by atoms with E-state index in [4.69, 9.17) is 13.9 Å². The lowest BCUT2D eigenvalue weighted by Crippen LogP contribution is -1.99. The maximum Gasteiger partial charge on any atom is 0.211 e. The Bertz CT molecular complexity index is 845. The minimum absolute atomic E-state index is 0.717. The number of fused-ring (bicyclic) bond motifs is 3. The zero-order valence-corrected chi connectivity index (χ0v) is 12.8. The number of rotatable bonds is 3. The van der Waals surface area contributed by atoms with Crippen LogP contribution in [0.1, 0.15) is 31.3 Å². The normalized spacial score (nSPS) is 12.5. The summed E-state index contributed by atoms with van der Waals surface area (Å²) in [5, 5.41) is 2.28. The van der Waals surface area contributed by atoms with E-state index in [1.807, 2.05) is 31.2 Å². The molecule has 22 heavy (non-hydrogen) atoms. The average Bonchev–Trinajstić information content (AvgIpc) is 2.84. The van der Waals surface area contributed by atoms with Crippen molar-refractivity contribution in [3.8, 4) is 23.0 Å². The number of furan rings is 1. The number of ether oxygens (including phenoxy) is 2. The van der Waals surface area contributed by atoms with Crippen molar-refractivity contribution >= 4 is 10.8 Å².